The van der Waals surface area contributed by atoms with Gasteiger partial charge in [0, 0.05) is 6.54 Å². The fourth-order valence-corrected chi connectivity index (χ4v) is 0.346. The van der Waals surface area contributed by atoms with E-state index in [1.165, 1.54) is 0 Å². The van der Waals surface area contributed by atoms with Gasteiger partial charge >= 0.3 is 6.03 Å². The van der Waals surface area contributed by atoms with Gasteiger partial charge in [0.15, 0.2) is 0 Å². The molecule has 1 radical (unpaired) electrons. The molecule has 0 bridgehead atoms. The summed E-state index contributed by atoms with van der Waals surface area (Å²) in [7, 11) is 0. The summed E-state index contributed by atoms with van der Waals surface area (Å²) in [5, 5.41) is 4.15. The Morgan fingerprint density at radius 2 is 2.10 bits per heavy atom. The largest absolute Gasteiger partial charge is 0.338 e. The highest BCUT2D eigenvalue weighted by atomic mass is 19.3. The van der Waals surface area contributed by atoms with Crippen LogP contribution < -0.4 is 10.6 Å². The highest BCUT2D eigenvalue weighted by molar-refractivity contribution is 5.73. The van der Waals surface area contributed by atoms with Gasteiger partial charge < -0.3 is 10.6 Å². The zero-order valence-corrected chi connectivity index (χ0v) is 5.36. The van der Waals surface area contributed by atoms with Crippen LogP contribution in [0.2, 0.25) is 0 Å². The van der Waals surface area contributed by atoms with Crippen molar-refractivity contribution in [2.45, 2.75) is 6.43 Å². The van der Waals surface area contributed by atoms with Crippen molar-refractivity contribution in [3.05, 3.63) is 6.92 Å². The number of nitrogens with one attached hydrogen (secondary N) is 2. The molecule has 0 aliphatic carbocycles. The Bertz CT molecular complexity index is 108. The molecule has 2 amide bonds. The topological polar surface area (TPSA) is 41.1 Å². The molecular weight excluding hydrogens is 142 g/mol. The van der Waals surface area contributed by atoms with E-state index in [-0.39, 0.29) is 6.54 Å². The minimum atomic E-state index is -2.50. The molecule has 0 rings (SSSR count). The number of rotatable bonds is 3. The van der Waals surface area contributed by atoms with E-state index in [0.717, 1.165) is 0 Å². The lowest BCUT2D eigenvalue weighted by molar-refractivity contribution is 0.146. The van der Waals surface area contributed by atoms with Crippen LogP contribution in [0.1, 0.15) is 0 Å². The van der Waals surface area contributed by atoms with Gasteiger partial charge in [0.25, 0.3) is 6.43 Å². The van der Waals surface area contributed by atoms with Crippen molar-refractivity contribution in [1.82, 2.24) is 10.6 Å². The van der Waals surface area contributed by atoms with Crippen molar-refractivity contribution in [3.8, 4) is 0 Å². The minimum Gasteiger partial charge on any atom is -0.338 e. The Morgan fingerprint density at radius 3 is 2.50 bits per heavy atom. The van der Waals surface area contributed by atoms with Gasteiger partial charge in [-0.1, -0.05) is 0 Å². The van der Waals surface area contributed by atoms with Crippen molar-refractivity contribution in [2.75, 3.05) is 13.1 Å². The average Bonchev–Trinajstić information content (AvgIpc) is 1.85. The lowest BCUT2D eigenvalue weighted by Gasteiger charge is -2.03. The summed E-state index contributed by atoms with van der Waals surface area (Å²) in [6.07, 6.45) is -2.50. The summed E-state index contributed by atoms with van der Waals surface area (Å²) in [5.41, 5.74) is 0. The van der Waals surface area contributed by atoms with E-state index < -0.39 is 19.0 Å². The molecule has 0 heterocycles. The lowest BCUT2D eigenvalue weighted by Crippen LogP contribution is -2.37. The van der Waals surface area contributed by atoms with Crippen LogP contribution in [0.15, 0.2) is 0 Å². The highest BCUT2D eigenvalue weighted by Gasteiger charge is 2.03. The van der Waals surface area contributed by atoms with Gasteiger partial charge in [0.05, 0.1) is 6.54 Å². The number of hydrogen-bond acceptors (Lipinski definition) is 1. The predicted molar refractivity (Wildman–Crippen MR) is 32.8 cm³/mol. The van der Waals surface area contributed by atoms with Gasteiger partial charge in [-0.05, 0) is 6.92 Å². The number of alkyl halides is 2. The van der Waals surface area contributed by atoms with Crippen LogP contribution in [-0.2, 0) is 0 Å². The van der Waals surface area contributed by atoms with Crippen LogP contribution in [0.4, 0.5) is 13.6 Å². The Balaban J connectivity index is 3.22. The quantitative estimate of drug-likeness (QED) is 0.601. The van der Waals surface area contributed by atoms with E-state index in [1.807, 2.05) is 5.32 Å². The van der Waals surface area contributed by atoms with Crippen LogP contribution in [0.3, 0.4) is 0 Å². The van der Waals surface area contributed by atoms with Crippen LogP contribution >= 0.6 is 0 Å². The highest BCUT2D eigenvalue weighted by Crippen LogP contribution is 1.86. The van der Waals surface area contributed by atoms with E-state index in [2.05, 4.69) is 12.2 Å². The molecule has 0 aliphatic rings. The second-order valence-corrected chi connectivity index (χ2v) is 1.53. The zero-order chi connectivity index (χ0) is 7.98. The maximum Gasteiger partial charge on any atom is 0.314 e. The third-order valence-electron chi connectivity index (χ3n) is 0.702. The third kappa shape index (κ3) is 5.27. The summed E-state index contributed by atoms with van der Waals surface area (Å²) >= 11 is 0. The SMILES string of the molecule is [CH2]CNC(=O)NCC(F)F. The third-order valence-corrected chi connectivity index (χ3v) is 0.702. The molecular formula is C5H9F2N2O. The molecule has 0 spiro atoms. The second-order valence-electron chi connectivity index (χ2n) is 1.53. The summed E-state index contributed by atoms with van der Waals surface area (Å²) in [6, 6.07) is -0.615. The number of hydrogen-bond donors (Lipinski definition) is 2. The van der Waals surface area contributed by atoms with E-state index in [9.17, 15) is 13.6 Å². The summed E-state index contributed by atoms with van der Waals surface area (Å²) in [4.78, 5) is 10.4. The minimum absolute atomic E-state index is 0.190. The Hall–Kier alpha value is -0.870. The van der Waals surface area contributed by atoms with Crippen molar-refractivity contribution in [3.63, 3.8) is 0 Å². The fourth-order valence-electron chi connectivity index (χ4n) is 0.346. The smallest absolute Gasteiger partial charge is 0.314 e. The van der Waals surface area contributed by atoms with Gasteiger partial charge in [-0.15, -0.1) is 0 Å². The van der Waals surface area contributed by atoms with Gasteiger partial charge in [-0.3, -0.25) is 0 Å². The molecule has 0 aromatic heterocycles. The van der Waals surface area contributed by atoms with Crippen LogP contribution in [0, 0.1) is 6.92 Å². The van der Waals surface area contributed by atoms with Gasteiger partial charge in [0.1, 0.15) is 0 Å². The van der Waals surface area contributed by atoms with Crippen molar-refractivity contribution in [1.29, 1.82) is 0 Å². The zero-order valence-electron chi connectivity index (χ0n) is 5.36. The normalized spacial score (nSPS) is 9.60. The number of amides is 2. The lowest BCUT2D eigenvalue weighted by atomic mass is 10.6. The standard InChI is InChI=1S/C5H9F2N2O/c1-2-8-5(10)9-3-4(6)7/h4H,1-3H2,(H2,8,9,10). The Labute approximate surface area is 57.8 Å². The molecule has 0 aliphatic heterocycles. The number of carbonyl (C=O) groups excluding carboxylic acids is 1. The molecule has 10 heavy (non-hydrogen) atoms. The van der Waals surface area contributed by atoms with Gasteiger partial charge in [-0.25, -0.2) is 13.6 Å². The molecule has 0 unspecified atom stereocenters. The first-order chi connectivity index (χ1) is 4.66. The van der Waals surface area contributed by atoms with E-state index in [4.69, 9.17) is 0 Å². The van der Waals surface area contributed by atoms with Gasteiger partial charge in [-0.2, -0.15) is 0 Å². The molecule has 5 heteroatoms. The van der Waals surface area contributed by atoms with E-state index >= 15 is 0 Å². The summed E-state index contributed by atoms with van der Waals surface area (Å²) in [5.74, 6) is 0. The van der Waals surface area contributed by atoms with Gasteiger partial charge in [0.2, 0.25) is 0 Å². The summed E-state index contributed by atoms with van der Waals surface area (Å²) < 4.78 is 22.8. The molecule has 59 valence electrons. The van der Waals surface area contributed by atoms with Crippen molar-refractivity contribution in [2.24, 2.45) is 0 Å². The predicted octanol–water partition coefficient (Wildman–Crippen LogP) is 0.385. The number of carbonyl (C=O) groups is 1. The van der Waals surface area contributed by atoms with Crippen LogP contribution in [0.5, 0.6) is 0 Å². The maximum atomic E-state index is 11.4. The number of urea groups is 1. The molecule has 3 nitrogen and oxygen atoms in total. The van der Waals surface area contributed by atoms with Crippen LogP contribution in [-0.4, -0.2) is 25.5 Å². The molecule has 2 N–H and O–H groups in total. The van der Waals surface area contributed by atoms with E-state index in [1.54, 1.807) is 0 Å². The molecule has 0 saturated heterocycles. The average molecular weight is 151 g/mol. The monoisotopic (exact) mass is 151 g/mol. The second kappa shape index (κ2) is 4.96. The maximum absolute atomic E-state index is 11.4. The molecule has 0 saturated carbocycles. The molecule has 0 aromatic carbocycles. The van der Waals surface area contributed by atoms with Crippen molar-refractivity contribution >= 4 is 6.03 Å². The van der Waals surface area contributed by atoms with E-state index in [0.29, 0.717) is 0 Å². The summed E-state index contributed by atoms with van der Waals surface area (Å²) in [6.45, 7) is 2.86. The molecule has 0 atom stereocenters. The van der Waals surface area contributed by atoms with Crippen LogP contribution in [0.25, 0.3) is 0 Å². The Kier molecular flexibility index (Phi) is 4.53. The first-order valence-electron chi connectivity index (χ1n) is 2.76. The van der Waals surface area contributed by atoms with Crippen molar-refractivity contribution < 1.29 is 13.6 Å². The number of halogens is 2. The first kappa shape index (κ1) is 9.13. The Morgan fingerprint density at radius 1 is 1.50 bits per heavy atom. The fraction of sp³-hybridized carbons (Fsp3) is 0.600. The molecule has 0 fully saturated rings. The first-order valence-corrected chi connectivity index (χ1v) is 2.76. The molecule has 0 aromatic rings.